The van der Waals surface area contributed by atoms with Crippen molar-refractivity contribution < 1.29 is 14.3 Å². The van der Waals surface area contributed by atoms with Gasteiger partial charge < -0.3 is 15.4 Å². The van der Waals surface area contributed by atoms with Gasteiger partial charge in [0.15, 0.2) is 0 Å². The zero-order valence-electron chi connectivity index (χ0n) is 16.2. The molecule has 1 aliphatic rings. The molecule has 2 amide bonds. The highest BCUT2D eigenvalue weighted by Gasteiger charge is 2.21. The number of carbonyl (C=O) groups is 2. The molecule has 4 rings (SSSR count). The summed E-state index contributed by atoms with van der Waals surface area (Å²) in [6, 6.07) is 22.2. The van der Waals surface area contributed by atoms with E-state index >= 15 is 0 Å². The Morgan fingerprint density at radius 2 is 1.73 bits per heavy atom. The van der Waals surface area contributed by atoms with Gasteiger partial charge in [-0.05, 0) is 60.0 Å². The van der Waals surface area contributed by atoms with Gasteiger partial charge in [-0.2, -0.15) is 0 Å². The molecule has 0 saturated carbocycles. The number of hydrogen-bond acceptors (Lipinski definition) is 3. The predicted molar refractivity (Wildman–Crippen MR) is 120 cm³/mol. The lowest BCUT2D eigenvalue weighted by Gasteiger charge is -2.26. The largest absolute Gasteiger partial charge is 0.371 e. The van der Waals surface area contributed by atoms with Crippen molar-refractivity contribution in [3.05, 3.63) is 99.5 Å². The summed E-state index contributed by atoms with van der Waals surface area (Å²) in [4.78, 5) is 24.9. The molecule has 0 spiro atoms. The molecule has 1 aliphatic heterocycles. The van der Waals surface area contributed by atoms with Crippen molar-refractivity contribution in [1.29, 1.82) is 0 Å². The van der Waals surface area contributed by atoms with Crippen LogP contribution in [0.1, 0.15) is 37.9 Å². The summed E-state index contributed by atoms with van der Waals surface area (Å²) in [7, 11) is 0. The van der Waals surface area contributed by atoms with E-state index in [0.29, 0.717) is 30.0 Å². The first-order valence-corrected chi connectivity index (χ1v) is 10.5. The number of anilines is 1. The summed E-state index contributed by atoms with van der Waals surface area (Å²) in [6.45, 7) is 1.07. The number of rotatable bonds is 5. The van der Waals surface area contributed by atoms with Crippen molar-refractivity contribution in [2.75, 3.05) is 18.5 Å². The van der Waals surface area contributed by atoms with Gasteiger partial charge in [-0.3, -0.25) is 9.59 Å². The van der Waals surface area contributed by atoms with E-state index in [0.717, 1.165) is 16.5 Å². The molecule has 1 atom stereocenters. The molecule has 152 valence electrons. The summed E-state index contributed by atoms with van der Waals surface area (Å²) in [5.41, 5.74) is 4.11. The molecule has 30 heavy (non-hydrogen) atoms. The van der Waals surface area contributed by atoms with Crippen LogP contribution in [-0.2, 0) is 11.2 Å². The molecule has 0 aliphatic carbocycles. The Hall–Kier alpha value is -2.96. The van der Waals surface area contributed by atoms with E-state index in [1.165, 1.54) is 5.56 Å². The molecule has 0 aromatic heterocycles. The molecular weight excluding hydrogens is 444 g/mol. The van der Waals surface area contributed by atoms with E-state index in [-0.39, 0.29) is 17.9 Å². The maximum atomic E-state index is 12.5. The Kier molecular flexibility index (Phi) is 6.26. The number of benzene rings is 3. The lowest BCUT2D eigenvalue weighted by molar-refractivity contribution is 0.0411. The van der Waals surface area contributed by atoms with Crippen LogP contribution in [0.4, 0.5) is 5.69 Å². The van der Waals surface area contributed by atoms with E-state index in [1.54, 1.807) is 42.5 Å². The quantitative estimate of drug-likeness (QED) is 0.572. The second-order valence-electron chi connectivity index (χ2n) is 7.06. The lowest BCUT2D eigenvalue weighted by Crippen LogP contribution is -2.31. The summed E-state index contributed by atoms with van der Waals surface area (Å²) in [5, 5.41) is 5.78. The van der Waals surface area contributed by atoms with E-state index in [2.05, 4.69) is 32.6 Å². The Bertz CT molecular complexity index is 1070. The van der Waals surface area contributed by atoms with Crippen LogP contribution >= 0.6 is 15.9 Å². The molecule has 5 nitrogen and oxygen atoms in total. The second-order valence-corrected chi connectivity index (χ2v) is 7.98. The third kappa shape index (κ3) is 4.78. The Morgan fingerprint density at radius 3 is 2.53 bits per heavy atom. The Morgan fingerprint density at radius 1 is 0.933 bits per heavy atom. The van der Waals surface area contributed by atoms with Gasteiger partial charge >= 0.3 is 0 Å². The minimum absolute atomic E-state index is 0.136. The number of carbonyl (C=O) groups excluding carboxylic acids is 2. The molecule has 3 aromatic rings. The SMILES string of the molecule is O=C(NC[C@@H]1OCCc2ccccc21)c1ccc(NC(=O)c2cccc(Br)c2)cc1. The number of fused-ring (bicyclic) bond motifs is 1. The smallest absolute Gasteiger partial charge is 0.255 e. The minimum atomic E-state index is -0.207. The number of nitrogens with one attached hydrogen (secondary N) is 2. The molecule has 2 N–H and O–H groups in total. The van der Waals surface area contributed by atoms with E-state index in [4.69, 9.17) is 4.74 Å². The third-order valence-electron chi connectivity index (χ3n) is 5.03. The van der Waals surface area contributed by atoms with Crippen LogP contribution in [0.2, 0.25) is 0 Å². The van der Waals surface area contributed by atoms with Crippen molar-refractivity contribution in [2.45, 2.75) is 12.5 Å². The second kappa shape index (κ2) is 9.24. The lowest BCUT2D eigenvalue weighted by atomic mass is 9.97. The first-order chi connectivity index (χ1) is 14.6. The van der Waals surface area contributed by atoms with E-state index < -0.39 is 0 Å². The Balaban J connectivity index is 1.35. The molecule has 0 saturated heterocycles. The molecule has 0 unspecified atom stereocenters. The molecule has 3 aromatic carbocycles. The van der Waals surface area contributed by atoms with Gasteiger partial charge in [0.2, 0.25) is 0 Å². The number of hydrogen-bond donors (Lipinski definition) is 2. The first-order valence-electron chi connectivity index (χ1n) is 9.75. The van der Waals surface area contributed by atoms with Crippen LogP contribution in [0.5, 0.6) is 0 Å². The summed E-state index contributed by atoms with van der Waals surface area (Å²) in [6.07, 6.45) is 0.760. The summed E-state index contributed by atoms with van der Waals surface area (Å²) >= 11 is 3.36. The highest BCUT2D eigenvalue weighted by Crippen LogP contribution is 2.26. The molecule has 0 radical (unpaired) electrons. The summed E-state index contributed by atoms with van der Waals surface area (Å²) in [5.74, 6) is -0.381. The summed E-state index contributed by atoms with van der Waals surface area (Å²) < 4.78 is 6.68. The van der Waals surface area contributed by atoms with Crippen LogP contribution in [0.3, 0.4) is 0 Å². The fourth-order valence-electron chi connectivity index (χ4n) is 3.47. The molecule has 0 bridgehead atoms. The van der Waals surface area contributed by atoms with Gasteiger partial charge in [0, 0.05) is 27.8 Å². The Labute approximate surface area is 183 Å². The zero-order chi connectivity index (χ0) is 20.9. The van der Waals surface area contributed by atoms with Crippen LogP contribution in [0, 0.1) is 0 Å². The van der Waals surface area contributed by atoms with Gasteiger partial charge in [-0.15, -0.1) is 0 Å². The van der Waals surface area contributed by atoms with Crippen molar-refractivity contribution in [3.63, 3.8) is 0 Å². The van der Waals surface area contributed by atoms with Gasteiger partial charge in [0.1, 0.15) is 6.10 Å². The van der Waals surface area contributed by atoms with Gasteiger partial charge in [0.05, 0.1) is 6.61 Å². The van der Waals surface area contributed by atoms with E-state index in [1.807, 2.05) is 24.3 Å². The maximum Gasteiger partial charge on any atom is 0.255 e. The molecule has 6 heteroatoms. The monoisotopic (exact) mass is 464 g/mol. The topological polar surface area (TPSA) is 67.4 Å². The maximum absolute atomic E-state index is 12.5. The van der Waals surface area contributed by atoms with E-state index in [9.17, 15) is 9.59 Å². The number of halogens is 1. The third-order valence-corrected chi connectivity index (χ3v) is 5.53. The highest BCUT2D eigenvalue weighted by molar-refractivity contribution is 9.10. The van der Waals surface area contributed by atoms with Crippen molar-refractivity contribution in [3.8, 4) is 0 Å². The van der Waals surface area contributed by atoms with Crippen molar-refractivity contribution in [1.82, 2.24) is 5.32 Å². The average Bonchev–Trinajstić information content (AvgIpc) is 2.78. The molecule has 1 heterocycles. The fourth-order valence-corrected chi connectivity index (χ4v) is 3.87. The standard InChI is InChI=1S/C24H21BrN2O3/c25-19-6-3-5-18(14-19)24(29)27-20-10-8-17(9-11-20)23(28)26-15-22-21-7-2-1-4-16(21)12-13-30-22/h1-11,14,22H,12-13,15H2,(H,26,28)(H,27,29)/t22-/m0/s1. The molecular formula is C24H21BrN2O3. The molecule has 0 fully saturated rings. The first kappa shape index (κ1) is 20.3. The predicted octanol–water partition coefficient (Wildman–Crippen LogP) is 4.75. The van der Waals surface area contributed by atoms with Crippen LogP contribution in [0.25, 0.3) is 0 Å². The number of ether oxygens (including phenoxy) is 1. The van der Waals surface area contributed by atoms with Gasteiger partial charge in [0.25, 0.3) is 11.8 Å². The fraction of sp³-hybridized carbons (Fsp3) is 0.167. The van der Waals surface area contributed by atoms with Gasteiger partial charge in [-0.25, -0.2) is 0 Å². The minimum Gasteiger partial charge on any atom is -0.371 e. The average molecular weight is 465 g/mol. The van der Waals surface area contributed by atoms with Crippen LogP contribution in [0.15, 0.2) is 77.3 Å². The van der Waals surface area contributed by atoms with Crippen LogP contribution < -0.4 is 10.6 Å². The van der Waals surface area contributed by atoms with Crippen molar-refractivity contribution in [2.24, 2.45) is 0 Å². The van der Waals surface area contributed by atoms with Crippen molar-refractivity contribution >= 4 is 33.4 Å². The number of amides is 2. The highest BCUT2D eigenvalue weighted by atomic mass is 79.9. The zero-order valence-corrected chi connectivity index (χ0v) is 17.8. The van der Waals surface area contributed by atoms with Crippen LogP contribution in [-0.4, -0.2) is 25.0 Å². The normalized spacial score (nSPS) is 15.2. The van der Waals surface area contributed by atoms with Gasteiger partial charge in [-0.1, -0.05) is 46.3 Å².